The zero-order valence-electron chi connectivity index (χ0n) is 14.0. The number of hydrogen-bond acceptors (Lipinski definition) is 3. The number of rotatable bonds is 6. The standard InChI is InChI=1S/C17H28N2O2S/c1-4-12-22(20,21)19-10-8-18(9-11-19)14-16-6-5-7-17(13-16)15(2)3/h5-7,13,15H,4,8-12,14H2,1-3H3. The summed E-state index contributed by atoms with van der Waals surface area (Å²) in [4.78, 5) is 2.34. The summed E-state index contributed by atoms with van der Waals surface area (Å²) in [5, 5.41) is 0. The molecule has 0 bridgehead atoms. The van der Waals surface area contributed by atoms with Gasteiger partial charge in [-0.1, -0.05) is 45.0 Å². The third kappa shape index (κ3) is 4.54. The van der Waals surface area contributed by atoms with Gasteiger partial charge in [0.2, 0.25) is 10.0 Å². The van der Waals surface area contributed by atoms with Gasteiger partial charge in [0.1, 0.15) is 0 Å². The number of sulfonamides is 1. The molecular formula is C17H28N2O2S. The van der Waals surface area contributed by atoms with Crippen LogP contribution in [0.1, 0.15) is 44.2 Å². The second-order valence-electron chi connectivity index (χ2n) is 6.39. The fraction of sp³-hybridized carbons (Fsp3) is 0.647. The molecule has 1 aromatic carbocycles. The predicted octanol–water partition coefficient (Wildman–Crippen LogP) is 2.67. The number of benzene rings is 1. The molecule has 1 saturated heterocycles. The van der Waals surface area contributed by atoms with E-state index in [2.05, 4.69) is 43.0 Å². The average Bonchev–Trinajstić information content (AvgIpc) is 2.48. The van der Waals surface area contributed by atoms with Crippen molar-refractivity contribution < 1.29 is 8.42 Å². The van der Waals surface area contributed by atoms with E-state index in [0.717, 1.165) is 19.6 Å². The molecule has 0 aromatic heterocycles. The lowest BCUT2D eigenvalue weighted by molar-refractivity contribution is 0.181. The summed E-state index contributed by atoms with van der Waals surface area (Å²) in [7, 11) is -3.04. The smallest absolute Gasteiger partial charge is 0.214 e. The highest BCUT2D eigenvalue weighted by atomic mass is 32.2. The quantitative estimate of drug-likeness (QED) is 0.808. The Morgan fingerprint density at radius 3 is 2.41 bits per heavy atom. The first kappa shape index (κ1) is 17.4. The molecule has 4 nitrogen and oxygen atoms in total. The van der Waals surface area contributed by atoms with Gasteiger partial charge in [0.25, 0.3) is 0 Å². The van der Waals surface area contributed by atoms with E-state index in [1.807, 2.05) is 6.92 Å². The maximum Gasteiger partial charge on any atom is 0.214 e. The van der Waals surface area contributed by atoms with Crippen LogP contribution in [0, 0.1) is 0 Å². The molecule has 22 heavy (non-hydrogen) atoms. The molecule has 1 aliphatic heterocycles. The van der Waals surface area contributed by atoms with Gasteiger partial charge in [-0.2, -0.15) is 4.31 Å². The Bertz CT molecular complexity index is 576. The SMILES string of the molecule is CCCS(=O)(=O)N1CCN(Cc2cccc(C(C)C)c2)CC1. The molecule has 0 unspecified atom stereocenters. The molecule has 2 rings (SSSR count). The minimum Gasteiger partial charge on any atom is -0.296 e. The van der Waals surface area contributed by atoms with Crippen LogP contribution in [0.25, 0.3) is 0 Å². The molecule has 0 spiro atoms. The minimum atomic E-state index is -3.04. The normalized spacial score (nSPS) is 18.0. The molecule has 0 saturated carbocycles. The zero-order valence-corrected chi connectivity index (χ0v) is 14.8. The van der Waals surface area contributed by atoms with Crippen LogP contribution in [-0.4, -0.2) is 49.6 Å². The van der Waals surface area contributed by atoms with Crippen LogP contribution in [0.2, 0.25) is 0 Å². The summed E-state index contributed by atoms with van der Waals surface area (Å²) in [6.07, 6.45) is 0.685. The van der Waals surface area contributed by atoms with Crippen molar-refractivity contribution in [3.8, 4) is 0 Å². The van der Waals surface area contributed by atoms with Crippen molar-refractivity contribution in [3.05, 3.63) is 35.4 Å². The number of hydrogen-bond donors (Lipinski definition) is 0. The molecular weight excluding hydrogens is 296 g/mol. The van der Waals surface area contributed by atoms with Crippen molar-refractivity contribution in [2.24, 2.45) is 0 Å². The van der Waals surface area contributed by atoms with Gasteiger partial charge in [-0.05, 0) is 23.5 Å². The highest BCUT2D eigenvalue weighted by molar-refractivity contribution is 7.89. The maximum atomic E-state index is 12.1. The van der Waals surface area contributed by atoms with E-state index >= 15 is 0 Å². The van der Waals surface area contributed by atoms with Crippen LogP contribution < -0.4 is 0 Å². The molecule has 124 valence electrons. The van der Waals surface area contributed by atoms with Gasteiger partial charge in [-0.3, -0.25) is 4.90 Å². The van der Waals surface area contributed by atoms with Gasteiger partial charge in [0.05, 0.1) is 5.75 Å². The van der Waals surface area contributed by atoms with Crippen LogP contribution in [0.15, 0.2) is 24.3 Å². The van der Waals surface area contributed by atoms with Crippen LogP contribution in [0.3, 0.4) is 0 Å². The second kappa shape index (κ2) is 7.57. The zero-order chi connectivity index (χ0) is 16.2. The van der Waals surface area contributed by atoms with E-state index in [9.17, 15) is 8.42 Å². The maximum absolute atomic E-state index is 12.1. The van der Waals surface area contributed by atoms with E-state index in [-0.39, 0.29) is 5.75 Å². The molecule has 1 aromatic rings. The predicted molar refractivity (Wildman–Crippen MR) is 91.5 cm³/mol. The lowest BCUT2D eigenvalue weighted by Crippen LogP contribution is -2.48. The van der Waals surface area contributed by atoms with Crippen molar-refractivity contribution in [1.82, 2.24) is 9.21 Å². The Hall–Kier alpha value is -0.910. The van der Waals surface area contributed by atoms with Crippen molar-refractivity contribution in [3.63, 3.8) is 0 Å². The molecule has 1 fully saturated rings. The Kier molecular flexibility index (Phi) is 6.01. The highest BCUT2D eigenvalue weighted by Gasteiger charge is 2.25. The van der Waals surface area contributed by atoms with Gasteiger partial charge in [0, 0.05) is 32.7 Å². The topological polar surface area (TPSA) is 40.6 Å². The van der Waals surface area contributed by atoms with Crippen molar-refractivity contribution in [1.29, 1.82) is 0 Å². The Morgan fingerprint density at radius 2 is 1.82 bits per heavy atom. The monoisotopic (exact) mass is 324 g/mol. The summed E-state index contributed by atoms with van der Waals surface area (Å²) >= 11 is 0. The molecule has 0 atom stereocenters. The molecule has 0 aliphatic carbocycles. The molecule has 0 radical (unpaired) electrons. The largest absolute Gasteiger partial charge is 0.296 e. The van der Waals surface area contributed by atoms with Crippen molar-refractivity contribution >= 4 is 10.0 Å². The van der Waals surface area contributed by atoms with Crippen molar-refractivity contribution in [2.45, 2.75) is 39.7 Å². The van der Waals surface area contributed by atoms with Crippen LogP contribution >= 0.6 is 0 Å². The van der Waals surface area contributed by atoms with E-state index < -0.39 is 10.0 Å². The van der Waals surface area contributed by atoms with Gasteiger partial charge in [-0.15, -0.1) is 0 Å². The van der Waals surface area contributed by atoms with Crippen molar-refractivity contribution in [2.75, 3.05) is 31.9 Å². The fourth-order valence-electron chi connectivity index (χ4n) is 2.86. The van der Waals surface area contributed by atoms with Crippen LogP contribution in [-0.2, 0) is 16.6 Å². The fourth-order valence-corrected chi connectivity index (χ4v) is 4.36. The summed E-state index contributed by atoms with van der Waals surface area (Å²) in [5.41, 5.74) is 2.68. The third-order valence-electron chi connectivity index (χ3n) is 4.21. The molecule has 0 amide bonds. The lowest BCUT2D eigenvalue weighted by Gasteiger charge is -2.34. The molecule has 1 heterocycles. The first-order chi connectivity index (χ1) is 10.4. The van der Waals surface area contributed by atoms with Gasteiger partial charge < -0.3 is 0 Å². The van der Waals surface area contributed by atoms with E-state index in [4.69, 9.17) is 0 Å². The van der Waals surface area contributed by atoms with Crippen LogP contribution in [0.4, 0.5) is 0 Å². The molecule has 5 heteroatoms. The van der Waals surface area contributed by atoms with Crippen LogP contribution in [0.5, 0.6) is 0 Å². The van der Waals surface area contributed by atoms with Gasteiger partial charge >= 0.3 is 0 Å². The summed E-state index contributed by atoms with van der Waals surface area (Å²) in [5.74, 6) is 0.805. The first-order valence-electron chi connectivity index (χ1n) is 8.21. The molecule has 1 aliphatic rings. The summed E-state index contributed by atoms with van der Waals surface area (Å²) < 4.78 is 25.8. The highest BCUT2D eigenvalue weighted by Crippen LogP contribution is 2.18. The van der Waals surface area contributed by atoms with E-state index in [0.29, 0.717) is 25.4 Å². The second-order valence-corrected chi connectivity index (χ2v) is 8.48. The summed E-state index contributed by atoms with van der Waals surface area (Å²) in [6, 6.07) is 8.72. The number of piperazine rings is 1. The Balaban J connectivity index is 1.91. The molecule has 0 N–H and O–H groups in total. The third-order valence-corrected chi connectivity index (χ3v) is 6.29. The Morgan fingerprint density at radius 1 is 1.14 bits per heavy atom. The first-order valence-corrected chi connectivity index (χ1v) is 9.82. The van der Waals surface area contributed by atoms with Gasteiger partial charge in [0.15, 0.2) is 0 Å². The minimum absolute atomic E-state index is 0.267. The van der Waals surface area contributed by atoms with Gasteiger partial charge in [-0.25, -0.2) is 8.42 Å². The Labute approximate surface area is 135 Å². The lowest BCUT2D eigenvalue weighted by atomic mass is 10.0. The average molecular weight is 324 g/mol. The summed E-state index contributed by atoms with van der Waals surface area (Å²) in [6.45, 7) is 10.1. The van der Waals surface area contributed by atoms with E-state index in [1.165, 1.54) is 11.1 Å². The number of nitrogens with zero attached hydrogens (tertiary/aromatic N) is 2. The van der Waals surface area contributed by atoms with E-state index in [1.54, 1.807) is 4.31 Å².